The number of carbonyl (C=O) groups excluding carboxylic acids is 1. The molecule has 0 fully saturated rings. The van der Waals surface area contributed by atoms with E-state index in [9.17, 15) is 4.79 Å². The highest BCUT2D eigenvalue weighted by Gasteiger charge is 2.07. The van der Waals surface area contributed by atoms with E-state index >= 15 is 0 Å². The highest BCUT2D eigenvalue weighted by Crippen LogP contribution is 2.28. The number of para-hydroxylation sites is 1. The molecule has 17 heavy (non-hydrogen) atoms. The molecule has 2 rings (SSSR count). The Labute approximate surface area is 108 Å². The third kappa shape index (κ3) is 2.94. The molecule has 3 heteroatoms. The fraction of sp³-hybridized carbons (Fsp3) is 0.0714. The molecule has 0 heterocycles. The second-order valence-electron chi connectivity index (χ2n) is 3.55. The van der Waals surface area contributed by atoms with Gasteiger partial charge in [0.05, 0.1) is 10.0 Å². The van der Waals surface area contributed by atoms with Gasteiger partial charge in [0.15, 0.2) is 6.29 Å². The largest absolute Gasteiger partial charge is 0.487 e. The summed E-state index contributed by atoms with van der Waals surface area (Å²) >= 11 is 3.38. The van der Waals surface area contributed by atoms with Crippen molar-refractivity contribution in [3.05, 3.63) is 64.1 Å². The van der Waals surface area contributed by atoms with Gasteiger partial charge in [-0.2, -0.15) is 0 Å². The molecule has 0 aliphatic rings. The van der Waals surface area contributed by atoms with Crippen molar-refractivity contribution >= 4 is 22.2 Å². The van der Waals surface area contributed by atoms with Crippen LogP contribution in [0.3, 0.4) is 0 Å². The van der Waals surface area contributed by atoms with Gasteiger partial charge >= 0.3 is 0 Å². The van der Waals surface area contributed by atoms with Gasteiger partial charge in [0.2, 0.25) is 0 Å². The van der Waals surface area contributed by atoms with Crippen LogP contribution in [0.4, 0.5) is 0 Å². The number of hydrogen-bond donors (Lipinski definition) is 0. The number of aldehydes is 1. The SMILES string of the molecule is O=Cc1cccc(Br)c1OCc1ccccc1. The Morgan fingerprint density at radius 3 is 2.53 bits per heavy atom. The van der Waals surface area contributed by atoms with Crippen LogP contribution in [0.5, 0.6) is 5.75 Å². The van der Waals surface area contributed by atoms with Gasteiger partial charge in [-0.3, -0.25) is 4.79 Å². The van der Waals surface area contributed by atoms with Crippen molar-refractivity contribution in [1.82, 2.24) is 0 Å². The monoisotopic (exact) mass is 290 g/mol. The number of benzene rings is 2. The zero-order chi connectivity index (χ0) is 12.1. The minimum Gasteiger partial charge on any atom is -0.487 e. The topological polar surface area (TPSA) is 26.3 Å². The molecule has 0 radical (unpaired) electrons. The van der Waals surface area contributed by atoms with Gasteiger partial charge in [-0.25, -0.2) is 0 Å². The quantitative estimate of drug-likeness (QED) is 0.800. The Morgan fingerprint density at radius 1 is 1.06 bits per heavy atom. The minimum atomic E-state index is 0.449. The van der Waals surface area contributed by atoms with Crippen molar-refractivity contribution < 1.29 is 9.53 Å². The van der Waals surface area contributed by atoms with E-state index in [0.717, 1.165) is 16.3 Å². The average molecular weight is 291 g/mol. The molecular weight excluding hydrogens is 280 g/mol. The van der Waals surface area contributed by atoms with E-state index in [-0.39, 0.29) is 0 Å². The summed E-state index contributed by atoms with van der Waals surface area (Å²) in [6.45, 7) is 0.449. The molecule has 2 aromatic carbocycles. The molecule has 0 saturated carbocycles. The van der Waals surface area contributed by atoms with Gasteiger partial charge in [0.25, 0.3) is 0 Å². The number of rotatable bonds is 4. The summed E-state index contributed by atoms with van der Waals surface area (Å²) in [5, 5.41) is 0. The Morgan fingerprint density at radius 2 is 1.82 bits per heavy atom. The normalized spacial score (nSPS) is 9.94. The number of ether oxygens (including phenoxy) is 1. The highest BCUT2D eigenvalue weighted by molar-refractivity contribution is 9.10. The number of halogens is 1. The first-order chi connectivity index (χ1) is 8.31. The van der Waals surface area contributed by atoms with Crippen molar-refractivity contribution in [2.24, 2.45) is 0 Å². The lowest BCUT2D eigenvalue weighted by Gasteiger charge is -2.10. The van der Waals surface area contributed by atoms with E-state index in [1.54, 1.807) is 6.07 Å². The molecular formula is C14H11BrO2. The predicted octanol–water partition coefficient (Wildman–Crippen LogP) is 3.84. The van der Waals surface area contributed by atoms with E-state index in [1.807, 2.05) is 42.5 Å². The van der Waals surface area contributed by atoms with Crippen LogP contribution in [0.25, 0.3) is 0 Å². The average Bonchev–Trinajstić information content (AvgIpc) is 2.38. The maximum Gasteiger partial charge on any atom is 0.153 e. The Balaban J connectivity index is 2.16. The van der Waals surface area contributed by atoms with Gasteiger partial charge < -0.3 is 4.74 Å². The lowest BCUT2D eigenvalue weighted by Crippen LogP contribution is -1.98. The van der Waals surface area contributed by atoms with Crippen molar-refractivity contribution in [2.75, 3.05) is 0 Å². The minimum absolute atomic E-state index is 0.449. The third-order valence-electron chi connectivity index (χ3n) is 2.35. The Hall–Kier alpha value is -1.61. The van der Waals surface area contributed by atoms with Gasteiger partial charge in [-0.05, 0) is 33.6 Å². The summed E-state index contributed by atoms with van der Waals surface area (Å²) in [7, 11) is 0. The smallest absolute Gasteiger partial charge is 0.153 e. The fourth-order valence-corrected chi connectivity index (χ4v) is 2.00. The van der Waals surface area contributed by atoms with Gasteiger partial charge in [-0.1, -0.05) is 36.4 Å². The molecule has 2 nitrogen and oxygen atoms in total. The van der Waals surface area contributed by atoms with Gasteiger partial charge in [0.1, 0.15) is 12.4 Å². The van der Waals surface area contributed by atoms with Crippen molar-refractivity contribution in [1.29, 1.82) is 0 Å². The number of carbonyl (C=O) groups is 1. The second-order valence-corrected chi connectivity index (χ2v) is 4.40. The third-order valence-corrected chi connectivity index (χ3v) is 2.97. The van der Waals surface area contributed by atoms with Crippen LogP contribution in [0, 0.1) is 0 Å². The standard InChI is InChI=1S/C14H11BrO2/c15-13-8-4-7-12(9-16)14(13)17-10-11-5-2-1-3-6-11/h1-9H,10H2. The number of hydrogen-bond acceptors (Lipinski definition) is 2. The highest BCUT2D eigenvalue weighted by atomic mass is 79.9. The second kappa shape index (κ2) is 5.64. The maximum absolute atomic E-state index is 10.9. The van der Waals surface area contributed by atoms with Crippen LogP contribution in [0.1, 0.15) is 15.9 Å². The first-order valence-electron chi connectivity index (χ1n) is 5.21. The van der Waals surface area contributed by atoms with Crippen molar-refractivity contribution in [3.63, 3.8) is 0 Å². The van der Waals surface area contributed by atoms with Crippen LogP contribution < -0.4 is 4.74 Å². The zero-order valence-electron chi connectivity index (χ0n) is 9.10. The molecule has 0 N–H and O–H groups in total. The summed E-state index contributed by atoms with van der Waals surface area (Å²) in [6, 6.07) is 15.2. The molecule has 86 valence electrons. The molecule has 0 aromatic heterocycles. The Kier molecular flexibility index (Phi) is 3.94. The lowest BCUT2D eigenvalue weighted by atomic mass is 10.2. The maximum atomic E-state index is 10.9. The fourth-order valence-electron chi connectivity index (χ4n) is 1.50. The van der Waals surface area contributed by atoms with E-state index in [0.29, 0.717) is 17.9 Å². The van der Waals surface area contributed by atoms with E-state index < -0.39 is 0 Å². The van der Waals surface area contributed by atoms with Crippen molar-refractivity contribution in [3.8, 4) is 5.75 Å². The summed E-state index contributed by atoms with van der Waals surface area (Å²) in [5.41, 5.74) is 1.62. The van der Waals surface area contributed by atoms with Gasteiger partial charge in [0, 0.05) is 0 Å². The molecule has 0 bridgehead atoms. The van der Waals surface area contributed by atoms with E-state index in [2.05, 4.69) is 15.9 Å². The van der Waals surface area contributed by atoms with Crippen molar-refractivity contribution in [2.45, 2.75) is 6.61 Å². The molecule has 0 unspecified atom stereocenters. The molecule has 0 aliphatic carbocycles. The first kappa shape index (κ1) is 11.9. The van der Waals surface area contributed by atoms with E-state index in [1.165, 1.54) is 0 Å². The molecule has 0 saturated heterocycles. The first-order valence-corrected chi connectivity index (χ1v) is 6.01. The van der Waals surface area contributed by atoms with Crippen LogP contribution in [0.15, 0.2) is 53.0 Å². The lowest BCUT2D eigenvalue weighted by molar-refractivity contribution is 0.111. The van der Waals surface area contributed by atoms with Gasteiger partial charge in [-0.15, -0.1) is 0 Å². The van der Waals surface area contributed by atoms with Crippen LogP contribution in [-0.4, -0.2) is 6.29 Å². The molecule has 0 atom stereocenters. The summed E-state index contributed by atoms with van der Waals surface area (Å²) in [4.78, 5) is 10.9. The van der Waals surface area contributed by atoms with Crippen LogP contribution >= 0.6 is 15.9 Å². The van der Waals surface area contributed by atoms with E-state index in [4.69, 9.17) is 4.74 Å². The summed E-state index contributed by atoms with van der Waals surface area (Å²) < 4.78 is 6.46. The molecule has 2 aromatic rings. The summed E-state index contributed by atoms with van der Waals surface area (Å²) in [6.07, 6.45) is 0.797. The zero-order valence-corrected chi connectivity index (χ0v) is 10.7. The predicted molar refractivity (Wildman–Crippen MR) is 70.3 cm³/mol. The van der Waals surface area contributed by atoms with Crippen LogP contribution in [-0.2, 0) is 6.61 Å². The summed E-state index contributed by atoms with van der Waals surface area (Å²) in [5.74, 6) is 0.589. The molecule has 0 spiro atoms. The molecule has 0 aliphatic heterocycles. The Bertz CT molecular complexity index is 509. The molecule has 0 amide bonds. The van der Waals surface area contributed by atoms with Crippen LogP contribution in [0.2, 0.25) is 0 Å².